The van der Waals surface area contributed by atoms with Gasteiger partial charge in [0.25, 0.3) is 0 Å². The second-order valence-corrected chi connectivity index (χ2v) is 6.60. The van der Waals surface area contributed by atoms with Crippen molar-refractivity contribution in [1.29, 1.82) is 0 Å². The highest BCUT2D eigenvalue weighted by molar-refractivity contribution is 7.84. The zero-order valence-electron chi connectivity index (χ0n) is 12.3. The van der Waals surface area contributed by atoms with Gasteiger partial charge in [0.05, 0.1) is 12.9 Å². The van der Waals surface area contributed by atoms with Crippen molar-refractivity contribution in [3.05, 3.63) is 17.8 Å². The molecule has 0 spiro atoms. The Hall–Kier alpha value is -1.41. The largest absolute Gasteiger partial charge is 0.387 e. The highest BCUT2D eigenvalue weighted by Crippen LogP contribution is 2.34. The van der Waals surface area contributed by atoms with Crippen molar-refractivity contribution in [3.8, 4) is 0 Å². The minimum Gasteiger partial charge on any atom is -0.387 e. The van der Waals surface area contributed by atoms with E-state index in [2.05, 4.69) is 19.1 Å². The molecule has 1 fully saturated rings. The van der Waals surface area contributed by atoms with Gasteiger partial charge in [0.2, 0.25) is 0 Å². The van der Waals surface area contributed by atoms with Crippen molar-refractivity contribution in [1.82, 2.24) is 19.5 Å². The van der Waals surface area contributed by atoms with E-state index in [1.54, 1.807) is 0 Å². The molecule has 3 N–H and O–H groups in total. The van der Waals surface area contributed by atoms with Gasteiger partial charge in [-0.1, -0.05) is 11.6 Å². The van der Waals surface area contributed by atoms with Gasteiger partial charge in [-0.05, 0) is 0 Å². The molecule has 0 aromatic carbocycles. The molecule has 0 aliphatic carbocycles. The summed E-state index contributed by atoms with van der Waals surface area (Å²) in [4.78, 5) is 12.0. The molecule has 132 valence electrons. The lowest BCUT2D eigenvalue weighted by Crippen LogP contribution is -2.36. The smallest absolute Gasteiger partial charge is 0.333 e. The van der Waals surface area contributed by atoms with Crippen LogP contribution in [0.4, 0.5) is 0 Å². The summed E-state index contributed by atoms with van der Waals surface area (Å²) in [5, 5.41) is 15.2. The summed E-state index contributed by atoms with van der Waals surface area (Å²) in [5.41, 5.74) is 0.735. The highest BCUT2D eigenvalue weighted by atomic mass is 35.5. The molecule has 0 amide bonds. The average molecular weight is 380 g/mol. The Kier molecular flexibility index (Phi) is 4.70. The predicted octanol–water partition coefficient (Wildman–Crippen LogP) is -1.03. The van der Waals surface area contributed by atoms with Crippen molar-refractivity contribution in [2.24, 2.45) is 5.14 Å². The monoisotopic (exact) mass is 379 g/mol. The zero-order valence-corrected chi connectivity index (χ0v) is 13.9. The molecular formula is C11H14ClN5O6S. The lowest BCUT2D eigenvalue weighted by Gasteiger charge is -2.19. The molecular weight excluding hydrogens is 366 g/mol. The lowest BCUT2D eigenvalue weighted by molar-refractivity contribution is -0.0556. The number of hydrogen-bond donors (Lipinski definition) is 2. The molecule has 13 heteroatoms. The van der Waals surface area contributed by atoms with Gasteiger partial charge in [-0.15, -0.1) is 0 Å². The Labute approximate surface area is 141 Å². The molecule has 3 heterocycles. The summed E-state index contributed by atoms with van der Waals surface area (Å²) in [6.45, 7) is -0.460. The maximum atomic E-state index is 10.9. The molecule has 4 atom stereocenters. The van der Waals surface area contributed by atoms with E-state index in [0.29, 0.717) is 11.2 Å². The number of nitrogens with zero attached hydrogens (tertiary/aromatic N) is 4. The van der Waals surface area contributed by atoms with Gasteiger partial charge in [-0.3, -0.25) is 8.75 Å². The molecule has 1 saturated heterocycles. The number of aliphatic hydroxyl groups is 1. The van der Waals surface area contributed by atoms with Crippen LogP contribution < -0.4 is 5.14 Å². The molecule has 2 aromatic rings. The molecule has 0 radical (unpaired) electrons. The predicted molar refractivity (Wildman–Crippen MR) is 80.1 cm³/mol. The van der Waals surface area contributed by atoms with Crippen molar-refractivity contribution >= 4 is 33.1 Å². The number of halogens is 1. The van der Waals surface area contributed by atoms with Crippen molar-refractivity contribution in [3.63, 3.8) is 0 Å². The molecule has 3 rings (SSSR count). The SMILES string of the molecule is CO[C@H]1[C@H](O)[C@@H](COS(N)(=O)=O)O[C@H]1n1cnc2c(Cl)ncnc21. The topological polar surface area (TPSA) is 152 Å². The number of methoxy groups -OCH3 is 1. The Morgan fingerprint density at radius 2 is 2.21 bits per heavy atom. The van der Waals surface area contributed by atoms with Crippen molar-refractivity contribution < 1.29 is 27.2 Å². The Morgan fingerprint density at radius 1 is 1.46 bits per heavy atom. The first-order valence-corrected chi connectivity index (χ1v) is 8.53. The van der Waals surface area contributed by atoms with Crippen LogP contribution in [-0.2, 0) is 24.0 Å². The second-order valence-electron chi connectivity index (χ2n) is 5.02. The molecule has 1 aliphatic rings. The average Bonchev–Trinajstić information content (AvgIpc) is 3.06. The van der Waals surface area contributed by atoms with Crippen LogP contribution in [0.15, 0.2) is 12.7 Å². The number of imidazole rings is 1. The maximum absolute atomic E-state index is 10.9. The van der Waals surface area contributed by atoms with E-state index in [1.807, 2.05) is 0 Å². The lowest BCUT2D eigenvalue weighted by atomic mass is 10.1. The molecule has 24 heavy (non-hydrogen) atoms. The summed E-state index contributed by atoms with van der Waals surface area (Å²) in [7, 11) is -2.78. The fourth-order valence-electron chi connectivity index (χ4n) is 2.51. The quantitative estimate of drug-likeness (QED) is 0.621. The fraction of sp³-hybridized carbons (Fsp3) is 0.545. The van der Waals surface area contributed by atoms with E-state index < -0.39 is 41.5 Å². The normalized spacial score (nSPS) is 27.8. The minimum absolute atomic E-state index is 0.167. The van der Waals surface area contributed by atoms with E-state index in [1.165, 1.54) is 24.3 Å². The number of aromatic nitrogens is 4. The number of ether oxygens (including phenoxy) is 2. The summed E-state index contributed by atoms with van der Waals surface area (Å²) < 4.78 is 38.7. The van der Waals surface area contributed by atoms with Crippen LogP contribution in [0.1, 0.15) is 6.23 Å². The number of aliphatic hydroxyl groups excluding tert-OH is 1. The van der Waals surface area contributed by atoms with E-state index in [4.69, 9.17) is 26.2 Å². The van der Waals surface area contributed by atoms with Crippen LogP contribution in [0, 0.1) is 0 Å². The number of rotatable bonds is 5. The molecule has 0 unspecified atom stereocenters. The van der Waals surface area contributed by atoms with Gasteiger partial charge in [0, 0.05) is 7.11 Å². The maximum Gasteiger partial charge on any atom is 0.333 e. The van der Waals surface area contributed by atoms with Gasteiger partial charge in [-0.2, -0.15) is 8.42 Å². The summed E-state index contributed by atoms with van der Waals surface area (Å²) in [6, 6.07) is 0. The molecule has 0 saturated carbocycles. The molecule has 0 bridgehead atoms. The Bertz CT molecular complexity index is 845. The fourth-order valence-corrected chi connectivity index (χ4v) is 3.01. The van der Waals surface area contributed by atoms with E-state index in [0.717, 1.165) is 0 Å². The minimum atomic E-state index is -4.16. The third-order valence-electron chi connectivity index (χ3n) is 3.57. The highest BCUT2D eigenvalue weighted by Gasteiger charge is 2.46. The van der Waals surface area contributed by atoms with Gasteiger partial charge in [0.1, 0.15) is 30.2 Å². The first-order valence-electron chi connectivity index (χ1n) is 6.68. The van der Waals surface area contributed by atoms with Crippen LogP contribution in [-0.4, -0.2) is 65.1 Å². The standard InChI is InChI=1S/C11H14ClN5O6S/c1-21-8-7(18)5(2-22-24(13,19)20)23-11(8)17-4-16-6-9(12)14-3-15-10(6)17/h3-5,7-8,11,18H,2H2,1H3,(H2,13,19,20)/t5-,7-,8+,11-/m1/s1. The molecule has 1 aliphatic heterocycles. The first kappa shape index (κ1) is 17.4. The second kappa shape index (κ2) is 6.48. The molecule has 11 nitrogen and oxygen atoms in total. The van der Waals surface area contributed by atoms with Crippen LogP contribution >= 0.6 is 11.6 Å². The van der Waals surface area contributed by atoms with E-state index in [-0.39, 0.29) is 5.15 Å². The van der Waals surface area contributed by atoms with Crippen LogP contribution in [0.3, 0.4) is 0 Å². The van der Waals surface area contributed by atoms with Gasteiger partial charge >= 0.3 is 10.3 Å². The number of nitrogens with two attached hydrogens (primary N) is 1. The van der Waals surface area contributed by atoms with Crippen LogP contribution in [0.5, 0.6) is 0 Å². The van der Waals surface area contributed by atoms with Crippen molar-refractivity contribution in [2.45, 2.75) is 24.5 Å². The van der Waals surface area contributed by atoms with Gasteiger partial charge in [0.15, 0.2) is 17.0 Å². The van der Waals surface area contributed by atoms with Crippen LogP contribution in [0.2, 0.25) is 5.15 Å². The number of hydrogen-bond acceptors (Lipinski definition) is 9. The third kappa shape index (κ3) is 3.21. The van der Waals surface area contributed by atoms with Crippen LogP contribution in [0.25, 0.3) is 11.2 Å². The van der Waals surface area contributed by atoms with Gasteiger partial charge in [-0.25, -0.2) is 20.1 Å². The zero-order chi connectivity index (χ0) is 17.5. The third-order valence-corrected chi connectivity index (χ3v) is 4.31. The summed E-state index contributed by atoms with van der Waals surface area (Å²) in [6.07, 6.45) is -1.10. The summed E-state index contributed by atoms with van der Waals surface area (Å²) >= 11 is 5.96. The first-order chi connectivity index (χ1) is 11.3. The van der Waals surface area contributed by atoms with Gasteiger partial charge < -0.3 is 14.6 Å². The number of fused-ring (bicyclic) bond motifs is 1. The van der Waals surface area contributed by atoms with E-state index in [9.17, 15) is 13.5 Å². The summed E-state index contributed by atoms with van der Waals surface area (Å²) in [5.74, 6) is 0. The van der Waals surface area contributed by atoms with Crippen molar-refractivity contribution in [2.75, 3.05) is 13.7 Å². The molecule has 2 aromatic heterocycles. The Morgan fingerprint density at radius 3 is 2.88 bits per heavy atom. The van der Waals surface area contributed by atoms with E-state index >= 15 is 0 Å². The Balaban J connectivity index is 1.90.